The van der Waals surface area contributed by atoms with Crippen LogP contribution in [0.1, 0.15) is 64.9 Å². The molecule has 10 heteroatoms. The van der Waals surface area contributed by atoms with Crippen molar-refractivity contribution >= 4 is 11.9 Å². The summed E-state index contributed by atoms with van der Waals surface area (Å²) in [6, 6.07) is 3.40. The van der Waals surface area contributed by atoms with Gasteiger partial charge < -0.3 is 38.3 Å². The molecule has 4 atom stereocenters. The molecule has 4 rings (SSSR count). The molecule has 0 radical (unpaired) electrons. The van der Waals surface area contributed by atoms with Crippen LogP contribution in [0.2, 0.25) is 0 Å². The van der Waals surface area contributed by atoms with Crippen LogP contribution in [-0.2, 0) is 14.3 Å². The Labute approximate surface area is 245 Å². The second-order valence-electron chi connectivity index (χ2n) is 10.3. The largest absolute Gasteiger partial charge is 0.493 e. The van der Waals surface area contributed by atoms with Crippen LogP contribution in [-0.4, -0.2) is 45.2 Å². The summed E-state index contributed by atoms with van der Waals surface area (Å²) in [6.45, 7) is 10.5. The fourth-order valence-electron chi connectivity index (χ4n) is 5.19. The lowest BCUT2D eigenvalue weighted by Gasteiger charge is -2.37. The Balaban J connectivity index is 2.21. The number of carbonyl (C=O) groups is 2. The van der Waals surface area contributed by atoms with Gasteiger partial charge in [0.25, 0.3) is 0 Å². The zero-order valence-electron chi connectivity index (χ0n) is 25.4. The third kappa shape index (κ3) is 5.15. The fraction of sp³-hybridized carbons (Fsp3) is 0.438. The van der Waals surface area contributed by atoms with Crippen LogP contribution in [0, 0.1) is 11.8 Å². The molecular formula is C32H38O10. The molecule has 1 N–H and O–H groups in total. The predicted molar refractivity (Wildman–Crippen MR) is 154 cm³/mol. The Morgan fingerprint density at radius 3 is 2.05 bits per heavy atom. The number of esters is 2. The van der Waals surface area contributed by atoms with Crippen LogP contribution in [0.5, 0.6) is 34.5 Å². The molecule has 0 saturated heterocycles. The summed E-state index contributed by atoms with van der Waals surface area (Å²) in [4.78, 5) is 26.5. The number of methoxy groups -OCH3 is 3. The molecule has 0 spiro atoms. The molecule has 226 valence electrons. The highest BCUT2D eigenvalue weighted by molar-refractivity contribution is 5.95. The van der Waals surface area contributed by atoms with Gasteiger partial charge in [0.2, 0.25) is 18.3 Å². The first kappa shape index (κ1) is 30.8. The minimum absolute atomic E-state index is 0.00854. The Bertz CT molecular complexity index is 1450. The highest BCUT2D eigenvalue weighted by Gasteiger charge is 2.43. The first-order valence-corrected chi connectivity index (χ1v) is 13.7. The molecule has 0 unspecified atom stereocenters. The number of aliphatic hydroxyl groups excluding tert-OH is 1. The lowest BCUT2D eigenvalue weighted by molar-refractivity contribution is -0.149. The molecular weight excluding hydrogens is 544 g/mol. The average Bonchev–Trinajstić information content (AvgIpc) is 3.48. The van der Waals surface area contributed by atoms with Crippen molar-refractivity contribution in [2.45, 2.75) is 53.8 Å². The van der Waals surface area contributed by atoms with Crippen molar-refractivity contribution in [2.24, 2.45) is 11.8 Å². The summed E-state index contributed by atoms with van der Waals surface area (Å²) in [5.41, 5.74) is 2.40. The van der Waals surface area contributed by atoms with E-state index in [0.29, 0.717) is 44.9 Å². The lowest BCUT2D eigenvalue weighted by Crippen LogP contribution is -2.29. The fourth-order valence-corrected chi connectivity index (χ4v) is 5.19. The molecule has 1 aliphatic heterocycles. The molecule has 42 heavy (non-hydrogen) atoms. The molecule has 10 nitrogen and oxygen atoms in total. The molecule has 0 fully saturated rings. The summed E-state index contributed by atoms with van der Waals surface area (Å²) in [7, 11) is 4.36. The van der Waals surface area contributed by atoms with Gasteiger partial charge >= 0.3 is 11.9 Å². The number of benzene rings is 2. The van der Waals surface area contributed by atoms with Gasteiger partial charge in [0.15, 0.2) is 23.0 Å². The molecule has 2 aromatic carbocycles. The summed E-state index contributed by atoms with van der Waals surface area (Å²) in [5.74, 6) is -0.627. The van der Waals surface area contributed by atoms with Crippen molar-refractivity contribution < 1.29 is 47.9 Å². The van der Waals surface area contributed by atoms with E-state index in [-0.39, 0.29) is 29.8 Å². The van der Waals surface area contributed by atoms with Crippen molar-refractivity contribution in [1.82, 2.24) is 0 Å². The molecule has 0 saturated carbocycles. The van der Waals surface area contributed by atoms with E-state index in [1.54, 1.807) is 52.0 Å². The van der Waals surface area contributed by atoms with Crippen LogP contribution in [0.4, 0.5) is 0 Å². The van der Waals surface area contributed by atoms with Crippen LogP contribution in [0.15, 0.2) is 35.4 Å². The van der Waals surface area contributed by atoms with E-state index in [9.17, 15) is 14.7 Å². The number of hydrogen-bond donors (Lipinski definition) is 1. The van der Waals surface area contributed by atoms with Crippen molar-refractivity contribution in [3.05, 3.63) is 46.6 Å². The SMILES string of the molecule is C/C=C(/C)C(=O)Oc1c(OC)c(OC)cc2c1-c1c(cc3c(c1OC)OCO3)[C@H](O)[C@H](C)[C@H](C)[C@H]2OC(=O)/C(C)=C/C. The van der Waals surface area contributed by atoms with Crippen molar-refractivity contribution in [2.75, 3.05) is 28.1 Å². The van der Waals surface area contributed by atoms with Crippen LogP contribution >= 0.6 is 0 Å². The monoisotopic (exact) mass is 582 g/mol. The summed E-state index contributed by atoms with van der Waals surface area (Å²) >= 11 is 0. The first-order valence-electron chi connectivity index (χ1n) is 13.7. The van der Waals surface area contributed by atoms with Crippen LogP contribution in [0.3, 0.4) is 0 Å². The highest BCUT2D eigenvalue weighted by atomic mass is 16.7. The van der Waals surface area contributed by atoms with E-state index in [1.807, 2.05) is 13.8 Å². The van der Waals surface area contributed by atoms with Crippen molar-refractivity contribution in [3.8, 4) is 45.6 Å². The molecule has 1 heterocycles. The van der Waals surface area contributed by atoms with Crippen LogP contribution in [0.25, 0.3) is 11.1 Å². The van der Waals surface area contributed by atoms with Gasteiger partial charge in [-0.05, 0) is 51.3 Å². The number of rotatable bonds is 7. The quantitative estimate of drug-likeness (QED) is 0.242. The second-order valence-corrected chi connectivity index (χ2v) is 10.3. The molecule has 0 amide bonds. The standard InChI is InChI=1S/C32H38O10/c1-10-15(3)31(34)41-26-18(6)17(5)25(33)19-12-22-28(40-14-39-22)29(38-9)23(19)24-20(26)13-21(36-7)27(37-8)30(24)42-32(35)16(4)11-2/h10-13,17-18,25-26,33H,14H2,1-9H3/b15-10+,16-11-/t17-,18+,25-,26-/m1/s1. The van der Waals surface area contributed by atoms with Gasteiger partial charge in [-0.15, -0.1) is 0 Å². The van der Waals surface area contributed by atoms with E-state index < -0.39 is 36.0 Å². The highest BCUT2D eigenvalue weighted by Crippen LogP contribution is 2.60. The van der Waals surface area contributed by atoms with Gasteiger partial charge in [0, 0.05) is 33.8 Å². The van der Waals surface area contributed by atoms with Gasteiger partial charge in [-0.3, -0.25) is 0 Å². The number of hydrogen-bond acceptors (Lipinski definition) is 10. The van der Waals surface area contributed by atoms with Crippen LogP contribution < -0.4 is 28.4 Å². The third-order valence-corrected chi connectivity index (χ3v) is 8.13. The first-order chi connectivity index (χ1) is 20.0. The van der Waals surface area contributed by atoms with Gasteiger partial charge in [-0.2, -0.15) is 0 Å². The summed E-state index contributed by atoms with van der Waals surface area (Å²) in [6.07, 6.45) is 1.32. The molecule has 0 bridgehead atoms. The smallest absolute Gasteiger partial charge is 0.338 e. The van der Waals surface area contributed by atoms with E-state index in [0.717, 1.165) is 0 Å². The summed E-state index contributed by atoms with van der Waals surface area (Å²) in [5, 5.41) is 11.8. The van der Waals surface area contributed by atoms with Gasteiger partial charge in [0.05, 0.1) is 27.4 Å². The molecule has 2 aromatic rings. The van der Waals surface area contributed by atoms with E-state index in [2.05, 4.69) is 0 Å². The Morgan fingerprint density at radius 2 is 1.45 bits per heavy atom. The normalized spacial score (nSPS) is 21.4. The second kappa shape index (κ2) is 12.4. The zero-order chi connectivity index (χ0) is 30.9. The Morgan fingerprint density at radius 1 is 0.833 bits per heavy atom. The Hall–Kier alpha value is -4.18. The van der Waals surface area contributed by atoms with Gasteiger partial charge in [-0.25, -0.2) is 9.59 Å². The number of aliphatic hydroxyl groups is 1. The lowest BCUT2D eigenvalue weighted by atomic mass is 9.74. The summed E-state index contributed by atoms with van der Waals surface area (Å²) < 4.78 is 41.0. The zero-order valence-corrected chi connectivity index (χ0v) is 25.4. The number of allylic oxidation sites excluding steroid dienone is 2. The molecule has 1 aliphatic carbocycles. The molecule has 0 aromatic heterocycles. The maximum Gasteiger partial charge on any atom is 0.338 e. The minimum Gasteiger partial charge on any atom is -0.493 e. The number of fused-ring (bicyclic) bond motifs is 4. The average molecular weight is 583 g/mol. The van der Waals surface area contributed by atoms with E-state index in [4.69, 9.17) is 33.2 Å². The maximum atomic E-state index is 13.3. The van der Waals surface area contributed by atoms with Crippen molar-refractivity contribution in [3.63, 3.8) is 0 Å². The number of carbonyl (C=O) groups excluding carboxylic acids is 2. The van der Waals surface area contributed by atoms with Gasteiger partial charge in [-0.1, -0.05) is 26.0 Å². The molecule has 2 aliphatic rings. The van der Waals surface area contributed by atoms with E-state index in [1.165, 1.54) is 21.3 Å². The van der Waals surface area contributed by atoms with E-state index >= 15 is 0 Å². The number of ether oxygens (including phenoxy) is 7. The van der Waals surface area contributed by atoms with Crippen molar-refractivity contribution in [1.29, 1.82) is 0 Å². The topological polar surface area (TPSA) is 119 Å². The maximum absolute atomic E-state index is 13.3. The van der Waals surface area contributed by atoms with Gasteiger partial charge in [0.1, 0.15) is 6.10 Å². The predicted octanol–water partition coefficient (Wildman–Crippen LogP) is 5.85. The minimum atomic E-state index is -1.07. The third-order valence-electron chi connectivity index (χ3n) is 8.13. The Kier molecular flexibility index (Phi) is 9.06.